The van der Waals surface area contributed by atoms with Crippen LogP contribution >= 0.6 is 0 Å². The van der Waals surface area contributed by atoms with Crippen LogP contribution in [0.5, 0.6) is 0 Å². The Hall–Kier alpha value is -0.358. The van der Waals surface area contributed by atoms with Crippen LogP contribution in [0.3, 0.4) is 0 Å². The van der Waals surface area contributed by atoms with E-state index in [0.29, 0.717) is 29.6 Å². The summed E-state index contributed by atoms with van der Waals surface area (Å²) in [4.78, 5) is 0. The summed E-state index contributed by atoms with van der Waals surface area (Å²) in [6.45, 7) is 20.2. The van der Waals surface area contributed by atoms with Crippen molar-refractivity contribution in [2.24, 2.45) is 0 Å². The second-order valence-corrected chi connectivity index (χ2v) is 12.8. The molecule has 22 heavy (non-hydrogen) atoms. The summed E-state index contributed by atoms with van der Waals surface area (Å²) in [6.07, 6.45) is 2.36. The molecule has 1 rings (SSSR count). The van der Waals surface area contributed by atoms with Crippen molar-refractivity contribution in [3.05, 3.63) is 23.8 Å². The van der Waals surface area contributed by atoms with Gasteiger partial charge in [0.2, 0.25) is 0 Å². The first-order chi connectivity index (χ1) is 10.1. The van der Waals surface area contributed by atoms with Crippen molar-refractivity contribution in [2.45, 2.75) is 77.5 Å². The Morgan fingerprint density at radius 2 is 1.82 bits per heavy atom. The predicted molar refractivity (Wildman–Crippen MR) is 97.5 cm³/mol. The summed E-state index contributed by atoms with van der Waals surface area (Å²) in [5, 5.41) is 9.80. The Morgan fingerprint density at radius 1 is 1.32 bits per heavy atom. The van der Waals surface area contributed by atoms with Gasteiger partial charge in [-0.1, -0.05) is 59.8 Å². The third-order valence-electron chi connectivity index (χ3n) is 4.89. The Morgan fingerprint density at radius 3 is 2.23 bits per heavy atom. The van der Waals surface area contributed by atoms with Crippen molar-refractivity contribution in [2.75, 3.05) is 6.61 Å². The molecule has 126 valence electrons. The van der Waals surface area contributed by atoms with E-state index in [9.17, 15) is 5.02 Å². The molecule has 5 heteroatoms. The van der Waals surface area contributed by atoms with E-state index in [2.05, 4.69) is 48.1 Å². The van der Waals surface area contributed by atoms with Crippen LogP contribution in [0.2, 0.25) is 22.9 Å². The molecular formula is C17H33BO3Si. The Bertz CT molecular complexity index is 396. The average Bonchev–Trinajstić information content (AvgIpc) is 2.37. The Labute approximate surface area is 138 Å². The molecule has 1 aliphatic rings. The van der Waals surface area contributed by atoms with Gasteiger partial charge in [0.05, 0.1) is 12.7 Å². The number of hydrogen-bond acceptors (Lipinski definition) is 3. The van der Waals surface area contributed by atoms with Gasteiger partial charge in [-0.15, -0.1) is 0 Å². The fraction of sp³-hybridized carbons (Fsp3) is 0.765. The quantitative estimate of drug-likeness (QED) is 0.698. The molecule has 0 bridgehead atoms. The van der Waals surface area contributed by atoms with E-state index < -0.39 is 15.4 Å². The lowest BCUT2D eigenvalue weighted by Crippen LogP contribution is -2.50. The van der Waals surface area contributed by atoms with E-state index in [1.165, 1.54) is 0 Å². The van der Waals surface area contributed by atoms with Gasteiger partial charge in [-0.3, -0.25) is 0 Å². The van der Waals surface area contributed by atoms with Crippen LogP contribution in [-0.2, 0) is 9.08 Å². The first-order valence-electron chi connectivity index (χ1n) is 8.46. The third-order valence-corrected chi connectivity index (χ3v) is 11.0. The molecular weight excluding hydrogens is 291 g/mol. The smallest absolute Gasteiger partial charge is 0.427 e. The molecule has 1 atom stereocenters. The predicted octanol–water partition coefficient (Wildman–Crippen LogP) is 4.56. The largest absolute Gasteiger partial charge is 0.458 e. The van der Waals surface area contributed by atoms with Crippen LogP contribution in [0.15, 0.2) is 23.8 Å². The molecule has 0 saturated heterocycles. The lowest BCUT2D eigenvalue weighted by Gasteiger charge is -2.43. The highest BCUT2D eigenvalue weighted by Crippen LogP contribution is 2.42. The SMILES string of the molecule is C=C(C)C1=CCB(O)OC1CO[Si](C(C)C)(C(C)C)C(C)C. The van der Waals surface area contributed by atoms with Crippen molar-refractivity contribution in [3.8, 4) is 0 Å². The third kappa shape index (κ3) is 4.13. The molecule has 0 aliphatic carbocycles. The fourth-order valence-corrected chi connectivity index (χ4v) is 9.42. The molecule has 0 amide bonds. The molecule has 1 aliphatic heterocycles. The zero-order chi connectivity index (χ0) is 17.1. The summed E-state index contributed by atoms with van der Waals surface area (Å²) >= 11 is 0. The molecule has 0 saturated carbocycles. The minimum Gasteiger partial charge on any atom is -0.427 e. The second kappa shape index (κ2) is 7.95. The highest BCUT2D eigenvalue weighted by molar-refractivity contribution is 6.77. The maximum atomic E-state index is 9.80. The van der Waals surface area contributed by atoms with Crippen LogP contribution in [0.4, 0.5) is 0 Å². The van der Waals surface area contributed by atoms with Gasteiger partial charge in [0, 0.05) is 6.32 Å². The standard InChI is InChI=1S/C17H33BO3Si/c1-12(2)16-9-10-18(19)21-17(16)11-20-22(13(3)4,14(5)6)15(7)8/h9,13-15,17,19H,1,10-11H2,2-8H3. The number of allylic oxidation sites excluding steroid dienone is 1. The lowest BCUT2D eigenvalue weighted by molar-refractivity contribution is 0.119. The summed E-state index contributed by atoms with van der Waals surface area (Å²) in [7, 11) is -2.65. The van der Waals surface area contributed by atoms with Gasteiger partial charge in [0.15, 0.2) is 8.32 Å². The topological polar surface area (TPSA) is 38.7 Å². The molecule has 0 spiro atoms. The zero-order valence-corrected chi connectivity index (χ0v) is 16.3. The highest BCUT2D eigenvalue weighted by atomic mass is 28.4. The van der Waals surface area contributed by atoms with Gasteiger partial charge in [-0.25, -0.2) is 0 Å². The van der Waals surface area contributed by atoms with E-state index in [1.807, 2.05) is 13.0 Å². The van der Waals surface area contributed by atoms with Crippen molar-refractivity contribution in [1.82, 2.24) is 0 Å². The van der Waals surface area contributed by atoms with Crippen molar-refractivity contribution in [3.63, 3.8) is 0 Å². The van der Waals surface area contributed by atoms with Crippen LogP contribution < -0.4 is 0 Å². The molecule has 0 aromatic heterocycles. The van der Waals surface area contributed by atoms with E-state index in [4.69, 9.17) is 9.08 Å². The van der Waals surface area contributed by atoms with Gasteiger partial charge in [-0.2, -0.15) is 0 Å². The van der Waals surface area contributed by atoms with Gasteiger partial charge in [-0.05, 0) is 29.1 Å². The summed E-state index contributed by atoms with van der Waals surface area (Å²) in [5.41, 5.74) is 3.69. The Kier molecular flexibility index (Phi) is 7.12. The summed E-state index contributed by atoms with van der Waals surface area (Å²) < 4.78 is 12.3. The van der Waals surface area contributed by atoms with Gasteiger partial charge < -0.3 is 14.1 Å². The van der Waals surface area contributed by atoms with Crippen LogP contribution in [-0.4, -0.2) is 33.2 Å². The first-order valence-corrected chi connectivity index (χ1v) is 10.6. The second-order valence-electron chi connectivity index (χ2n) is 7.38. The minimum atomic E-state index is -1.92. The highest BCUT2D eigenvalue weighted by Gasteiger charge is 2.45. The maximum absolute atomic E-state index is 9.80. The van der Waals surface area contributed by atoms with Gasteiger partial charge in [0.1, 0.15) is 0 Å². The molecule has 3 nitrogen and oxygen atoms in total. The van der Waals surface area contributed by atoms with Crippen LogP contribution in [0, 0.1) is 0 Å². The number of hydrogen-bond donors (Lipinski definition) is 1. The maximum Gasteiger partial charge on any atom is 0.458 e. The van der Waals surface area contributed by atoms with E-state index in [0.717, 1.165) is 11.1 Å². The summed E-state index contributed by atoms with van der Waals surface area (Å²) in [5.74, 6) is 0. The molecule has 0 aromatic carbocycles. The molecule has 1 heterocycles. The molecule has 0 radical (unpaired) electrons. The van der Waals surface area contributed by atoms with Gasteiger partial charge >= 0.3 is 7.12 Å². The Balaban J connectivity index is 2.94. The van der Waals surface area contributed by atoms with Crippen molar-refractivity contribution < 1.29 is 14.1 Å². The van der Waals surface area contributed by atoms with Crippen LogP contribution in [0.25, 0.3) is 0 Å². The van der Waals surface area contributed by atoms with Crippen molar-refractivity contribution >= 4 is 15.4 Å². The molecule has 0 fully saturated rings. The normalized spacial score (nSPS) is 20.0. The molecule has 1 unspecified atom stereocenters. The van der Waals surface area contributed by atoms with Gasteiger partial charge in [0.25, 0.3) is 0 Å². The number of rotatable bonds is 7. The minimum absolute atomic E-state index is 0.204. The van der Waals surface area contributed by atoms with E-state index >= 15 is 0 Å². The first kappa shape index (κ1) is 19.7. The van der Waals surface area contributed by atoms with Crippen LogP contribution in [0.1, 0.15) is 48.5 Å². The monoisotopic (exact) mass is 324 g/mol. The average molecular weight is 324 g/mol. The summed E-state index contributed by atoms with van der Waals surface area (Å²) in [6, 6.07) is 0. The zero-order valence-electron chi connectivity index (χ0n) is 15.3. The lowest BCUT2D eigenvalue weighted by atomic mass is 9.79. The fourth-order valence-electron chi connectivity index (χ4n) is 3.98. The van der Waals surface area contributed by atoms with E-state index in [-0.39, 0.29) is 6.10 Å². The van der Waals surface area contributed by atoms with Crippen molar-refractivity contribution in [1.29, 1.82) is 0 Å². The molecule has 0 aromatic rings. The molecule has 1 N–H and O–H groups in total. The van der Waals surface area contributed by atoms with E-state index in [1.54, 1.807) is 0 Å².